The number of benzene rings is 1. The van der Waals surface area contributed by atoms with E-state index in [2.05, 4.69) is 20.9 Å². The lowest BCUT2D eigenvalue weighted by atomic mass is 10.2. The molecule has 0 bridgehead atoms. The number of hydrogen-bond acceptors (Lipinski definition) is 3. The summed E-state index contributed by atoms with van der Waals surface area (Å²) in [4.78, 5) is 4.11. The van der Waals surface area contributed by atoms with Crippen LogP contribution < -0.4 is 5.73 Å². The van der Waals surface area contributed by atoms with Crippen LogP contribution in [0.3, 0.4) is 0 Å². The zero-order valence-corrected chi connectivity index (χ0v) is 9.86. The van der Waals surface area contributed by atoms with Crippen molar-refractivity contribution in [3.05, 3.63) is 40.8 Å². The zero-order chi connectivity index (χ0) is 10.8. The number of oxazole rings is 1. The van der Waals surface area contributed by atoms with Crippen LogP contribution in [0.1, 0.15) is 18.9 Å². The van der Waals surface area contributed by atoms with Crippen LogP contribution in [0.4, 0.5) is 0 Å². The van der Waals surface area contributed by atoms with Gasteiger partial charge in [-0.1, -0.05) is 28.1 Å². The maximum atomic E-state index is 5.67. The van der Waals surface area contributed by atoms with Gasteiger partial charge < -0.3 is 10.2 Å². The Bertz CT molecular complexity index is 465. The van der Waals surface area contributed by atoms with E-state index in [4.69, 9.17) is 10.2 Å². The summed E-state index contributed by atoms with van der Waals surface area (Å²) in [7, 11) is 0. The fourth-order valence-corrected chi connectivity index (χ4v) is 1.67. The Balaban J connectivity index is 2.37. The molecule has 1 aromatic carbocycles. The zero-order valence-electron chi connectivity index (χ0n) is 8.27. The van der Waals surface area contributed by atoms with Crippen LogP contribution in [0.5, 0.6) is 0 Å². The highest BCUT2D eigenvalue weighted by molar-refractivity contribution is 9.10. The van der Waals surface area contributed by atoms with Gasteiger partial charge in [0, 0.05) is 10.0 Å². The summed E-state index contributed by atoms with van der Waals surface area (Å²) in [6, 6.07) is 7.69. The highest BCUT2D eigenvalue weighted by Gasteiger charge is 2.09. The maximum Gasteiger partial charge on any atom is 0.211 e. The fraction of sp³-hybridized carbons (Fsp3) is 0.182. The number of nitrogens with two attached hydrogens (primary N) is 1. The second kappa shape index (κ2) is 4.16. The van der Waals surface area contributed by atoms with Crippen LogP contribution in [0.15, 0.2) is 39.4 Å². The largest absolute Gasteiger partial charge is 0.439 e. The Morgan fingerprint density at radius 2 is 2.27 bits per heavy atom. The van der Waals surface area contributed by atoms with Gasteiger partial charge in [-0.05, 0) is 19.1 Å². The molecule has 0 fully saturated rings. The number of rotatable bonds is 2. The second-order valence-corrected chi connectivity index (χ2v) is 4.28. The van der Waals surface area contributed by atoms with Gasteiger partial charge in [-0.3, -0.25) is 0 Å². The molecule has 1 atom stereocenters. The summed E-state index contributed by atoms with van der Waals surface area (Å²) in [6.07, 6.45) is 1.69. The molecule has 15 heavy (non-hydrogen) atoms. The van der Waals surface area contributed by atoms with E-state index in [1.807, 2.05) is 31.2 Å². The predicted molar refractivity (Wildman–Crippen MR) is 62.2 cm³/mol. The third-order valence-corrected chi connectivity index (χ3v) is 2.52. The molecule has 2 rings (SSSR count). The van der Waals surface area contributed by atoms with E-state index in [1.165, 1.54) is 0 Å². The monoisotopic (exact) mass is 266 g/mol. The third kappa shape index (κ3) is 2.27. The molecule has 0 amide bonds. The smallest absolute Gasteiger partial charge is 0.211 e. The van der Waals surface area contributed by atoms with E-state index in [9.17, 15) is 0 Å². The van der Waals surface area contributed by atoms with Crippen LogP contribution in [0.2, 0.25) is 0 Å². The van der Waals surface area contributed by atoms with Gasteiger partial charge in [-0.2, -0.15) is 0 Å². The molecule has 78 valence electrons. The van der Waals surface area contributed by atoms with E-state index in [-0.39, 0.29) is 6.04 Å². The molecule has 1 unspecified atom stereocenters. The van der Waals surface area contributed by atoms with E-state index in [1.54, 1.807) is 6.20 Å². The Morgan fingerprint density at radius 3 is 2.87 bits per heavy atom. The summed E-state index contributed by atoms with van der Waals surface area (Å²) >= 11 is 3.41. The van der Waals surface area contributed by atoms with Crippen molar-refractivity contribution in [2.24, 2.45) is 5.73 Å². The highest BCUT2D eigenvalue weighted by Crippen LogP contribution is 2.24. The number of nitrogens with zero attached hydrogens (tertiary/aromatic N) is 1. The van der Waals surface area contributed by atoms with Crippen molar-refractivity contribution in [3.63, 3.8) is 0 Å². The second-order valence-electron chi connectivity index (χ2n) is 3.36. The van der Waals surface area contributed by atoms with E-state index in [0.29, 0.717) is 5.89 Å². The van der Waals surface area contributed by atoms with Gasteiger partial charge in [-0.15, -0.1) is 0 Å². The molecule has 4 heteroatoms. The first-order chi connectivity index (χ1) is 7.16. The van der Waals surface area contributed by atoms with Crippen molar-refractivity contribution in [1.82, 2.24) is 4.98 Å². The molecular weight excluding hydrogens is 256 g/mol. The first-order valence-corrected chi connectivity index (χ1v) is 5.43. The maximum absolute atomic E-state index is 5.67. The summed E-state index contributed by atoms with van der Waals surface area (Å²) in [5, 5.41) is 0. The molecule has 2 aromatic rings. The predicted octanol–water partition coefficient (Wildman–Crippen LogP) is 3.12. The van der Waals surface area contributed by atoms with Crippen LogP contribution in [-0.2, 0) is 0 Å². The van der Waals surface area contributed by atoms with Gasteiger partial charge in [0.25, 0.3) is 0 Å². The summed E-state index contributed by atoms with van der Waals surface area (Å²) in [6.45, 7) is 1.84. The number of hydrogen-bond donors (Lipinski definition) is 1. The van der Waals surface area contributed by atoms with Crippen LogP contribution in [-0.4, -0.2) is 4.98 Å². The van der Waals surface area contributed by atoms with Gasteiger partial charge >= 0.3 is 0 Å². The molecule has 2 N–H and O–H groups in total. The quantitative estimate of drug-likeness (QED) is 0.909. The molecule has 0 spiro atoms. The van der Waals surface area contributed by atoms with Gasteiger partial charge in [-0.25, -0.2) is 4.98 Å². The van der Waals surface area contributed by atoms with Crippen molar-refractivity contribution in [3.8, 4) is 11.3 Å². The Kier molecular flexibility index (Phi) is 2.88. The highest BCUT2D eigenvalue weighted by atomic mass is 79.9. The fourth-order valence-electron chi connectivity index (χ4n) is 1.27. The third-order valence-electron chi connectivity index (χ3n) is 2.02. The van der Waals surface area contributed by atoms with E-state index in [0.717, 1.165) is 15.8 Å². The van der Waals surface area contributed by atoms with Crippen molar-refractivity contribution < 1.29 is 4.42 Å². The lowest BCUT2D eigenvalue weighted by Gasteiger charge is -1.98. The Hall–Kier alpha value is -1.13. The SMILES string of the molecule is CC(N)c1ncc(-c2cccc(Br)c2)o1. The first-order valence-electron chi connectivity index (χ1n) is 4.64. The molecule has 0 saturated heterocycles. The Labute approximate surface area is 96.4 Å². The van der Waals surface area contributed by atoms with Crippen LogP contribution >= 0.6 is 15.9 Å². The van der Waals surface area contributed by atoms with Gasteiger partial charge in [0.05, 0.1) is 12.2 Å². The molecule has 0 aliphatic carbocycles. The Morgan fingerprint density at radius 1 is 1.47 bits per heavy atom. The number of aromatic nitrogens is 1. The topological polar surface area (TPSA) is 52.0 Å². The van der Waals surface area contributed by atoms with Gasteiger partial charge in [0.15, 0.2) is 5.76 Å². The molecule has 0 saturated carbocycles. The summed E-state index contributed by atoms with van der Waals surface area (Å²) < 4.78 is 6.54. The van der Waals surface area contributed by atoms with E-state index >= 15 is 0 Å². The summed E-state index contributed by atoms with van der Waals surface area (Å²) in [5.41, 5.74) is 6.66. The molecule has 3 nitrogen and oxygen atoms in total. The van der Waals surface area contributed by atoms with Crippen LogP contribution in [0.25, 0.3) is 11.3 Å². The molecule has 0 aliphatic rings. The standard InChI is InChI=1S/C11H11BrN2O/c1-7(13)11-14-6-10(15-11)8-3-2-4-9(12)5-8/h2-7H,13H2,1H3. The molecule has 0 radical (unpaired) electrons. The van der Waals surface area contributed by atoms with Crippen molar-refractivity contribution in [2.45, 2.75) is 13.0 Å². The molecular formula is C11H11BrN2O. The normalized spacial score (nSPS) is 12.7. The number of halogens is 1. The summed E-state index contributed by atoms with van der Waals surface area (Å²) in [5.74, 6) is 1.30. The lowest BCUT2D eigenvalue weighted by molar-refractivity contribution is 0.473. The van der Waals surface area contributed by atoms with Crippen molar-refractivity contribution >= 4 is 15.9 Å². The van der Waals surface area contributed by atoms with Crippen LogP contribution in [0, 0.1) is 0 Å². The molecule has 1 heterocycles. The van der Waals surface area contributed by atoms with Crippen molar-refractivity contribution in [2.75, 3.05) is 0 Å². The molecule has 1 aromatic heterocycles. The van der Waals surface area contributed by atoms with Gasteiger partial charge in [0.2, 0.25) is 5.89 Å². The minimum absolute atomic E-state index is 0.175. The average molecular weight is 267 g/mol. The lowest BCUT2D eigenvalue weighted by Crippen LogP contribution is -2.04. The molecule has 0 aliphatic heterocycles. The average Bonchev–Trinajstić information content (AvgIpc) is 2.66. The minimum atomic E-state index is -0.175. The van der Waals surface area contributed by atoms with E-state index < -0.39 is 0 Å². The first kappa shape index (κ1) is 10.4. The van der Waals surface area contributed by atoms with Gasteiger partial charge in [0.1, 0.15) is 0 Å². The van der Waals surface area contributed by atoms with Crippen molar-refractivity contribution in [1.29, 1.82) is 0 Å². The minimum Gasteiger partial charge on any atom is -0.439 e.